The third kappa shape index (κ3) is 9.02. The fraction of sp³-hybridized carbons (Fsp3) is 0.450. The van der Waals surface area contributed by atoms with Gasteiger partial charge in [-0.3, -0.25) is 34.1 Å². The first-order valence-corrected chi connectivity index (χ1v) is 19.4. The fourth-order valence-electron chi connectivity index (χ4n) is 7.32. The predicted molar refractivity (Wildman–Crippen MR) is 215 cm³/mol. The first kappa shape index (κ1) is 41.5. The molecule has 2 aromatic carbocycles. The number of piperidine rings is 1. The Morgan fingerprint density at radius 2 is 1.83 bits per heavy atom. The number of amides is 6. The van der Waals surface area contributed by atoms with Crippen molar-refractivity contribution in [3.8, 4) is 5.75 Å². The van der Waals surface area contributed by atoms with Crippen molar-refractivity contribution in [1.29, 1.82) is 0 Å². The standard InChI is InChI=1S/C40H50N10O8/c1-6-29-39(56)48(4)31-21-43-40(47-35(31)50(29)23(2)3)45-28-11-10-24(20-32(28)57-5)36(53)42-17-19-58-18-16-41-15-14-34(52)44-27-9-7-8-25-26(27)22-49(38(25)55)30-12-13-33(51)46-37(30)54/h7-11,20-21,23,29-30,41H,6,12-19,22H2,1-5H3,(H,42,53)(H,44,52)(H,43,45,47)(H,46,51,54)/t29-,30?/m1/s1. The molecule has 2 atom stereocenters. The number of fused-ring (bicyclic) bond motifs is 2. The Bertz CT molecular complexity index is 2080. The summed E-state index contributed by atoms with van der Waals surface area (Å²) in [6.45, 7) is 7.99. The Morgan fingerprint density at radius 3 is 2.57 bits per heavy atom. The summed E-state index contributed by atoms with van der Waals surface area (Å²) in [5.41, 5.74) is 3.17. The number of carbonyl (C=O) groups excluding carboxylic acids is 6. The molecule has 18 heteroatoms. The first-order valence-electron chi connectivity index (χ1n) is 19.4. The van der Waals surface area contributed by atoms with Crippen molar-refractivity contribution in [2.24, 2.45) is 0 Å². The highest BCUT2D eigenvalue weighted by atomic mass is 16.5. The topological polar surface area (TPSA) is 217 Å². The zero-order valence-corrected chi connectivity index (χ0v) is 33.3. The second kappa shape index (κ2) is 18.4. The highest BCUT2D eigenvalue weighted by Gasteiger charge is 2.40. The van der Waals surface area contributed by atoms with E-state index < -0.39 is 11.9 Å². The maximum absolute atomic E-state index is 13.0. The Morgan fingerprint density at radius 1 is 1.03 bits per heavy atom. The van der Waals surface area contributed by atoms with E-state index >= 15 is 0 Å². The first-order chi connectivity index (χ1) is 27.9. The highest BCUT2D eigenvalue weighted by molar-refractivity contribution is 6.07. The number of carbonyl (C=O) groups is 6. The van der Waals surface area contributed by atoms with E-state index in [-0.39, 0.29) is 80.6 Å². The molecule has 0 saturated carbocycles. The molecule has 6 amide bonds. The minimum Gasteiger partial charge on any atom is -0.495 e. The average Bonchev–Trinajstić information content (AvgIpc) is 3.54. The van der Waals surface area contributed by atoms with Gasteiger partial charge < -0.3 is 45.4 Å². The van der Waals surface area contributed by atoms with Crippen molar-refractivity contribution in [2.45, 2.75) is 71.1 Å². The van der Waals surface area contributed by atoms with Crippen LogP contribution in [0.3, 0.4) is 0 Å². The number of benzene rings is 2. The van der Waals surface area contributed by atoms with Crippen LogP contribution in [0.1, 0.15) is 72.7 Å². The summed E-state index contributed by atoms with van der Waals surface area (Å²) in [6, 6.07) is 9.05. The van der Waals surface area contributed by atoms with Crippen LogP contribution in [-0.4, -0.2) is 115 Å². The minimum absolute atomic E-state index is 0.000846. The maximum atomic E-state index is 13.0. The van der Waals surface area contributed by atoms with Crippen LogP contribution >= 0.6 is 0 Å². The zero-order chi connectivity index (χ0) is 41.5. The number of likely N-dealkylation sites (N-methyl/N-ethyl adjacent to an activating group) is 1. The Balaban J connectivity index is 0.898. The van der Waals surface area contributed by atoms with Gasteiger partial charge in [0.2, 0.25) is 29.6 Å². The molecule has 0 radical (unpaired) electrons. The molecular weight excluding hydrogens is 749 g/mol. The lowest BCUT2D eigenvalue weighted by Crippen LogP contribution is -2.54. The number of rotatable bonds is 17. The summed E-state index contributed by atoms with van der Waals surface area (Å²) in [5, 5.41) is 14.4. The van der Waals surface area contributed by atoms with Crippen molar-refractivity contribution >= 4 is 64.3 Å². The van der Waals surface area contributed by atoms with Crippen LogP contribution in [0.15, 0.2) is 42.6 Å². The van der Waals surface area contributed by atoms with Gasteiger partial charge in [0.15, 0.2) is 5.82 Å². The second-order valence-corrected chi connectivity index (χ2v) is 14.4. The lowest BCUT2D eigenvalue weighted by Gasteiger charge is -2.42. The Hall–Kier alpha value is -6.14. The van der Waals surface area contributed by atoms with Crippen molar-refractivity contribution < 1.29 is 38.2 Å². The molecule has 5 N–H and O–H groups in total. The van der Waals surface area contributed by atoms with Crippen LogP contribution in [0.4, 0.5) is 28.8 Å². The molecule has 1 saturated heterocycles. The van der Waals surface area contributed by atoms with Gasteiger partial charge in [-0.05, 0) is 57.0 Å². The molecule has 0 spiro atoms. The number of imide groups is 1. The minimum atomic E-state index is -0.734. The number of nitrogens with one attached hydrogen (secondary N) is 5. The van der Waals surface area contributed by atoms with Crippen LogP contribution < -0.4 is 41.1 Å². The normalized spacial score (nSPS) is 17.6. The number of nitrogens with zero attached hydrogens (tertiary/aromatic N) is 5. The molecule has 4 heterocycles. The molecule has 3 aliphatic rings. The van der Waals surface area contributed by atoms with Gasteiger partial charge in [0.1, 0.15) is 23.5 Å². The average molecular weight is 799 g/mol. The van der Waals surface area contributed by atoms with Crippen LogP contribution in [0.25, 0.3) is 0 Å². The number of aromatic nitrogens is 2. The van der Waals surface area contributed by atoms with Gasteiger partial charge in [0.25, 0.3) is 11.8 Å². The van der Waals surface area contributed by atoms with Crippen LogP contribution in [0.5, 0.6) is 5.75 Å². The lowest BCUT2D eigenvalue weighted by atomic mass is 10.0. The van der Waals surface area contributed by atoms with Crippen molar-refractivity contribution in [3.63, 3.8) is 0 Å². The number of anilines is 5. The number of hydrogen-bond acceptors (Lipinski definition) is 13. The molecule has 58 heavy (non-hydrogen) atoms. The molecule has 0 bridgehead atoms. The van der Waals surface area contributed by atoms with Gasteiger partial charge in [-0.25, -0.2) is 4.98 Å². The fourth-order valence-corrected chi connectivity index (χ4v) is 7.32. The highest BCUT2D eigenvalue weighted by Crippen LogP contribution is 2.37. The van der Waals surface area contributed by atoms with E-state index in [1.165, 1.54) is 12.0 Å². The van der Waals surface area contributed by atoms with E-state index in [2.05, 4.69) is 31.6 Å². The van der Waals surface area contributed by atoms with E-state index in [4.69, 9.17) is 14.5 Å². The van der Waals surface area contributed by atoms with Gasteiger partial charge in [-0.1, -0.05) is 13.0 Å². The van der Waals surface area contributed by atoms with Gasteiger partial charge in [0.05, 0.1) is 32.2 Å². The lowest BCUT2D eigenvalue weighted by molar-refractivity contribution is -0.137. The molecule has 3 aromatic rings. The van der Waals surface area contributed by atoms with Crippen LogP contribution in [0.2, 0.25) is 0 Å². The summed E-state index contributed by atoms with van der Waals surface area (Å²) < 4.78 is 11.2. The molecular formula is C40H50N10O8. The van der Waals surface area contributed by atoms with Gasteiger partial charge in [-0.15, -0.1) is 0 Å². The van der Waals surface area contributed by atoms with Gasteiger partial charge in [0, 0.05) is 74.5 Å². The van der Waals surface area contributed by atoms with E-state index in [1.54, 1.807) is 54.5 Å². The summed E-state index contributed by atoms with van der Waals surface area (Å²) in [4.78, 5) is 89.9. The number of ether oxygens (including phenoxy) is 2. The smallest absolute Gasteiger partial charge is 0.255 e. The molecule has 1 unspecified atom stereocenters. The van der Waals surface area contributed by atoms with Crippen molar-refractivity contribution in [1.82, 2.24) is 30.8 Å². The van der Waals surface area contributed by atoms with E-state index in [1.807, 2.05) is 25.7 Å². The second-order valence-electron chi connectivity index (χ2n) is 14.4. The SMILES string of the molecule is CC[C@@H]1C(=O)N(C)c2cnc(Nc3ccc(C(=O)NCCOCCNCCC(=O)Nc4cccc5c4CN(C4CCC(=O)NC4=O)C5=O)cc3OC)nc2N1C(C)C. The third-order valence-electron chi connectivity index (χ3n) is 10.3. The zero-order valence-electron chi connectivity index (χ0n) is 33.3. The largest absolute Gasteiger partial charge is 0.495 e. The summed E-state index contributed by atoms with van der Waals surface area (Å²) in [6.07, 6.45) is 2.87. The van der Waals surface area contributed by atoms with Crippen molar-refractivity contribution in [2.75, 3.05) is 67.4 Å². The molecule has 6 rings (SSSR count). The molecule has 0 aliphatic carbocycles. The van der Waals surface area contributed by atoms with Crippen LogP contribution in [-0.2, 0) is 30.5 Å². The van der Waals surface area contributed by atoms with Crippen LogP contribution in [0, 0.1) is 0 Å². The number of hydrogen-bond donors (Lipinski definition) is 5. The monoisotopic (exact) mass is 798 g/mol. The van der Waals surface area contributed by atoms with E-state index in [9.17, 15) is 28.8 Å². The molecule has 18 nitrogen and oxygen atoms in total. The maximum Gasteiger partial charge on any atom is 0.255 e. The molecule has 1 aromatic heterocycles. The third-order valence-corrected chi connectivity index (χ3v) is 10.3. The van der Waals surface area contributed by atoms with Crippen molar-refractivity contribution in [3.05, 3.63) is 59.3 Å². The number of methoxy groups -OCH3 is 1. The molecule has 3 aliphatic heterocycles. The summed E-state index contributed by atoms with van der Waals surface area (Å²) in [7, 11) is 3.24. The summed E-state index contributed by atoms with van der Waals surface area (Å²) in [5.74, 6) is -0.280. The quantitative estimate of drug-likeness (QED) is 0.0981. The van der Waals surface area contributed by atoms with E-state index in [0.29, 0.717) is 77.4 Å². The van der Waals surface area contributed by atoms with Gasteiger partial charge in [-0.2, -0.15) is 4.98 Å². The molecule has 308 valence electrons. The Kier molecular flexibility index (Phi) is 13.2. The van der Waals surface area contributed by atoms with E-state index in [0.717, 1.165) is 0 Å². The molecule has 1 fully saturated rings. The predicted octanol–water partition coefficient (Wildman–Crippen LogP) is 2.32. The van der Waals surface area contributed by atoms with Gasteiger partial charge >= 0.3 is 0 Å². The Labute approximate surface area is 336 Å². The summed E-state index contributed by atoms with van der Waals surface area (Å²) >= 11 is 0.